The molecule has 0 aliphatic carbocycles. The third-order valence-electron chi connectivity index (χ3n) is 4.84. The molecule has 138 valence electrons. The molecule has 0 saturated carbocycles. The summed E-state index contributed by atoms with van der Waals surface area (Å²) in [5.74, 6) is -0.118. The summed E-state index contributed by atoms with van der Waals surface area (Å²) in [6, 6.07) is 14.2. The topological polar surface area (TPSA) is 66.5 Å². The van der Waals surface area contributed by atoms with Crippen LogP contribution in [0.25, 0.3) is 0 Å². The maximum atomic E-state index is 13.3. The molecule has 0 unspecified atom stereocenters. The van der Waals surface area contributed by atoms with Crippen LogP contribution in [0, 0.1) is 0 Å². The zero-order valence-corrected chi connectivity index (χ0v) is 16.3. The number of rotatable bonds is 5. The van der Waals surface area contributed by atoms with E-state index in [0.717, 1.165) is 5.56 Å². The van der Waals surface area contributed by atoms with Gasteiger partial charge in [-0.2, -0.15) is 4.31 Å². The predicted molar refractivity (Wildman–Crippen MR) is 102 cm³/mol. The van der Waals surface area contributed by atoms with Gasteiger partial charge < -0.3 is 5.32 Å². The zero-order chi connectivity index (χ0) is 19.1. The first-order chi connectivity index (χ1) is 12.1. The lowest BCUT2D eigenvalue weighted by molar-refractivity contribution is -0.119. The van der Waals surface area contributed by atoms with Crippen LogP contribution in [-0.4, -0.2) is 24.7 Å². The molecule has 1 N–H and O–H groups in total. The van der Waals surface area contributed by atoms with E-state index in [1.807, 2.05) is 44.2 Å². The molecular weight excluding hydrogens is 348 g/mol. The average molecular weight is 372 g/mol. The van der Waals surface area contributed by atoms with Crippen LogP contribution in [0.15, 0.2) is 53.4 Å². The van der Waals surface area contributed by atoms with Crippen molar-refractivity contribution in [3.8, 4) is 0 Å². The van der Waals surface area contributed by atoms with Crippen LogP contribution < -0.4 is 5.32 Å². The third-order valence-corrected chi connectivity index (χ3v) is 6.86. The second-order valence-corrected chi connectivity index (χ2v) is 9.31. The zero-order valence-electron chi connectivity index (χ0n) is 15.5. The molecule has 2 aromatic rings. The Morgan fingerprint density at radius 1 is 1.08 bits per heavy atom. The maximum absolute atomic E-state index is 13.3. The summed E-state index contributed by atoms with van der Waals surface area (Å²) >= 11 is 0. The molecule has 0 bridgehead atoms. The highest BCUT2D eigenvalue weighted by Gasteiger charge is 2.39. The number of hydrogen-bond donors (Lipinski definition) is 1. The second kappa shape index (κ2) is 6.52. The van der Waals surface area contributed by atoms with E-state index in [-0.39, 0.29) is 16.8 Å². The lowest BCUT2D eigenvalue weighted by Crippen LogP contribution is -2.36. The monoisotopic (exact) mass is 372 g/mol. The van der Waals surface area contributed by atoms with Crippen molar-refractivity contribution in [1.82, 2.24) is 4.31 Å². The van der Waals surface area contributed by atoms with Gasteiger partial charge in [0.25, 0.3) is 0 Å². The molecule has 26 heavy (non-hydrogen) atoms. The lowest BCUT2D eigenvalue weighted by Gasteiger charge is -2.26. The summed E-state index contributed by atoms with van der Waals surface area (Å²) in [5, 5.41) is 2.81. The summed E-state index contributed by atoms with van der Waals surface area (Å²) in [7, 11) is -3.69. The van der Waals surface area contributed by atoms with Crippen molar-refractivity contribution in [3.63, 3.8) is 0 Å². The number of nitrogens with one attached hydrogen (secondary N) is 1. The molecule has 2 aromatic carbocycles. The van der Waals surface area contributed by atoms with Gasteiger partial charge in [0.1, 0.15) is 0 Å². The highest BCUT2D eigenvalue weighted by atomic mass is 32.2. The van der Waals surface area contributed by atoms with Crippen LogP contribution in [0.2, 0.25) is 0 Å². The summed E-state index contributed by atoms with van der Waals surface area (Å²) in [6.07, 6.45) is 0. The van der Waals surface area contributed by atoms with E-state index in [1.54, 1.807) is 32.0 Å². The molecule has 1 heterocycles. The van der Waals surface area contributed by atoms with Gasteiger partial charge in [0, 0.05) is 18.3 Å². The number of amides is 1. The van der Waals surface area contributed by atoms with E-state index in [1.165, 1.54) is 4.31 Å². The van der Waals surface area contributed by atoms with Crippen LogP contribution in [0.5, 0.6) is 0 Å². The molecule has 1 amide bonds. The van der Waals surface area contributed by atoms with Gasteiger partial charge in [-0.25, -0.2) is 8.42 Å². The molecule has 0 radical (unpaired) electrons. The van der Waals surface area contributed by atoms with Crippen LogP contribution in [0.3, 0.4) is 0 Å². The van der Waals surface area contributed by atoms with Gasteiger partial charge in [0.15, 0.2) is 0 Å². The standard InChI is InChI=1S/C20H24N2O3S/c1-14(2)22(13-15-8-6-5-7-9-15)26(24,25)16-10-11-18-17(12-16)20(3,4)19(23)21-18/h5-12,14H,13H2,1-4H3,(H,21,23). The van der Waals surface area contributed by atoms with Crippen molar-refractivity contribution in [1.29, 1.82) is 0 Å². The fraction of sp³-hybridized carbons (Fsp3) is 0.350. The quantitative estimate of drug-likeness (QED) is 0.873. The van der Waals surface area contributed by atoms with E-state index < -0.39 is 15.4 Å². The smallest absolute Gasteiger partial charge is 0.243 e. The second-order valence-electron chi connectivity index (χ2n) is 7.42. The molecule has 0 fully saturated rings. The molecule has 6 heteroatoms. The minimum atomic E-state index is -3.69. The number of carbonyl (C=O) groups is 1. The van der Waals surface area contributed by atoms with E-state index in [9.17, 15) is 13.2 Å². The number of fused-ring (bicyclic) bond motifs is 1. The Morgan fingerprint density at radius 3 is 2.35 bits per heavy atom. The molecule has 0 saturated heterocycles. The molecular formula is C20H24N2O3S. The van der Waals surface area contributed by atoms with Gasteiger partial charge in [0.2, 0.25) is 15.9 Å². The van der Waals surface area contributed by atoms with Crippen molar-refractivity contribution in [2.45, 2.75) is 50.6 Å². The minimum absolute atomic E-state index is 0.118. The lowest BCUT2D eigenvalue weighted by atomic mass is 9.86. The fourth-order valence-electron chi connectivity index (χ4n) is 3.15. The number of carbonyl (C=O) groups excluding carboxylic acids is 1. The number of sulfonamides is 1. The SMILES string of the molecule is CC(C)N(Cc1ccccc1)S(=O)(=O)c1ccc2c(c1)C(C)(C)C(=O)N2. The van der Waals surface area contributed by atoms with Gasteiger partial charge in [0.05, 0.1) is 10.3 Å². The van der Waals surface area contributed by atoms with Crippen molar-refractivity contribution in [3.05, 3.63) is 59.7 Å². The normalized spacial score (nSPS) is 16.0. The van der Waals surface area contributed by atoms with E-state index in [0.29, 0.717) is 17.8 Å². The van der Waals surface area contributed by atoms with E-state index in [4.69, 9.17) is 0 Å². The van der Waals surface area contributed by atoms with Crippen LogP contribution in [-0.2, 0) is 26.8 Å². The summed E-state index contributed by atoms with van der Waals surface area (Å²) in [5.41, 5.74) is 1.58. The van der Waals surface area contributed by atoms with Crippen molar-refractivity contribution in [2.24, 2.45) is 0 Å². The summed E-state index contributed by atoms with van der Waals surface area (Å²) in [6.45, 7) is 7.63. The molecule has 1 aliphatic heterocycles. The Kier molecular flexibility index (Phi) is 4.67. The Hall–Kier alpha value is -2.18. The molecule has 0 aromatic heterocycles. The fourth-order valence-corrected chi connectivity index (χ4v) is 4.81. The molecule has 3 rings (SSSR count). The number of benzene rings is 2. The van der Waals surface area contributed by atoms with Gasteiger partial charge >= 0.3 is 0 Å². The highest BCUT2D eigenvalue weighted by molar-refractivity contribution is 7.89. The van der Waals surface area contributed by atoms with Crippen molar-refractivity contribution >= 4 is 21.6 Å². The molecule has 0 spiro atoms. The van der Waals surface area contributed by atoms with Crippen molar-refractivity contribution in [2.75, 3.05) is 5.32 Å². The summed E-state index contributed by atoms with van der Waals surface area (Å²) in [4.78, 5) is 12.3. The highest BCUT2D eigenvalue weighted by Crippen LogP contribution is 2.39. The first kappa shape index (κ1) is 18.6. The minimum Gasteiger partial charge on any atom is -0.325 e. The Balaban J connectivity index is 2.01. The van der Waals surface area contributed by atoms with Crippen molar-refractivity contribution < 1.29 is 13.2 Å². The largest absolute Gasteiger partial charge is 0.325 e. The number of anilines is 1. The van der Waals surface area contributed by atoms with Crippen LogP contribution in [0.4, 0.5) is 5.69 Å². The van der Waals surface area contributed by atoms with Gasteiger partial charge in [-0.3, -0.25) is 4.79 Å². The van der Waals surface area contributed by atoms with Crippen LogP contribution >= 0.6 is 0 Å². The third kappa shape index (κ3) is 3.15. The number of nitrogens with zero attached hydrogens (tertiary/aromatic N) is 1. The number of hydrogen-bond acceptors (Lipinski definition) is 3. The molecule has 0 atom stereocenters. The van der Waals surface area contributed by atoms with E-state index in [2.05, 4.69) is 5.32 Å². The average Bonchev–Trinajstić information content (AvgIpc) is 2.82. The van der Waals surface area contributed by atoms with Gasteiger partial charge in [-0.15, -0.1) is 0 Å². The van der Waals surface area contributed by atoms with Crippen LogP contribution in [0.1, 0.15) is 38.8 Å². The van der Waals surface area contributed by atoms with Gasteiger partial charge in [-0.05, 0) is 57.0 Å². The molecule has 5 nitrogen and oxygen atoms in total. The Bertz CT molecular complexity index is 935. The Morgan fingerprint density at radius 2 is 1.73 bits per heavy atom. The maximum Gasteiger partial charge on any atom is 0.243 e. The summed E-state index contributed by atoms with van der Waals surface area (Å²) < 4.78 is 28.1. The Labute approximate surface area is 155 Å². The predicted octanol–water partition coefficient (Wildman–Crippen LogP) is 3.52. The van der Waals surface area contributed by atoms with Gasteiger partial charge in [-0.1, -0.05) is 30.3 Å². The van der Waals surface area contributed by atoms with E-state index >= 15 is 0 Å². The first-order valence-corrected chi connectivity index (χ1v) is 10.1. The molecule has 1 aliphatic rings. The first-order valence-electron chi connectivity index (χ1n) is 8.66.